The molecule has 0 saturated carbocycles. The van der Waals surface area contributed by atoms with Crippen LogP contribution in [0.5, 0.6) is 5.75 Å². The lowest BCUT2D eigenvalue weighted by atomic mass is 9.93. The van der Waals surface area contributed by atoms with Crippen molar-refractivity contribution in [2.24, 2.45) is 0 Å². The predicted octanol–water partition coefficient (Wildman–Crippen LogP) is 11.6. The van der Waals surface area contributed by atoms with Gasteiger partial charge in [-0.05, 0) is 60.8 Å². The average molecular weight is 647 g/mol. The van der Waals surface area contributed by atoms with Crippen LogP contribution in [0.4, 0.5) is 22.4 Å². The van der Waals surface area contributed by atoms with E-state index in [1.54, 1.807) is 61.5 Å². The van der Waals surface area contributed by atoms with E-state index in [9.17, 15) is 18.0 Å². The highest BCUT2D eigenvalue weighted by Crippen LogP contribution is 2.35. The van der Waals surface area contributed by atoms with Crippen molar-refractivity contribution in [3.05, 3.63) is 78.1 Å². The first-order valence-electron chi connectivity index (χ1n) is 15.8. The van der Waals surface area contributed by atoms with E-state index in [1.807, 2.05) is 0 Å². The second-order valence-electron chi connectivity index (χ2n) is 11.0. The van der Waals surface area contributed by atoms with Gasteiger partial charge in [-0.25, -0.2) is 9.18 Å². The maximum Gasteiger partial charge on any atom is 0.515 e. The second-order valence-corrected chi connectivity index (χ2v) is 11.4. The van der Waals surface area contributed by atoms with Gasteiger partial charge >= 0.3 is 12.3 Å². The van der Waals surface area contributed by atoms with Crippen LogP contribution >= 0.6 is 12.2 Å². The van der Waals surface area contributed by atoms with Gasteiger partial charge in [0.1, 0.15) is 11.6 Å². The molecule has 3 aromatic carbocycles. The summed E-state index contributed by atoms with van der Waals surface area (Å²) < 4.78 is 71.7. The number of rotatable bonds is 17. The molecule has 9 heteroatoms. The van der Waals surface area contributed by atoms with Gasteiger partial charge in [-0.2, -0.15) is 13.2 Å². The highest BCUT2D eigenvalue weighted by atomic mass is 32.1. The molecule has 0 aromatic heterocycles. The summed E-state index contributed by atoms with van der Waals surface area (Å²) in [5.74, 6) is 0.0629. The fourth-order valence-electron chi connectivity index (χ4n) is 4.96. The fourth-order valence-corrected chi connectivity index (χ4v) is 5.20. The maximum absolute atomic E-state index is 16.2. The topological polar surface area (TPSA) is 44.8 Å². The minimum atomic E-state index is -4.76. The van der Waals surface area contributed by atoms with Crippen LogP contribution in [-0.2, 0) is 9.47 Å². The van der Waals surface area contributed by atoms with Gasteiger partial charge in [-0.3, -0.25) is 0 Å². The van der Waals surface area contributed by atoms with Crippen molar-refractivity contribution in [2.45, 2.75) is 96.8 Å². The lowest BCUT2D eigenvalue weighted by molar-refractivity contribution is -0.208. The summed E-state index contributed by atoms with van der Waals surface area (Å²) in [5.41, 5.74) is 1.41. The number of halogens is 4. The molecule has 244 valence electrons. The zero-order chi connectivity index (χ0) is 32.7. The minimum absolute atomic E-state index is 0.0387. The summed E-state index contributed by atoms with van der Waals surface area (Å²) in [7, 11) is 0. The number of hydrogen-bond donors (Lipinski definition) is 0. The molecule has 0 amide bonds. The minimum Gasteiger partial charge on any atom is -0.494 e. The molecule has 45 heavy (non-hydrogen) atoms. The Morgan fingerprint density at radius 2 is 1.40 bits per heavy atom. The Kier molecular flexibility index (Phi) is 14.8. The van der Waals surface area contributed by atoms with Gasteiger partial charge in [0, 0.05) is 16.7 Å². The summed E-state index contributed by atoms with van der Waals surface area (Å²) in [4.78, 5) is 12.3. The summed E-state index contributed by atoms with van der Waals surface area (Å²) in [6.07, 6.45) is 1.30. The summed E-state index contributed by atoms with van der Waals surface area (Å²) in [6, 6.07) is 18.6. The van der Waals surface area contributed by atoms with E-state index < -0.39 is 35.7 Å². The summed E-state index contributed by atoms with van der Waals surface area (Å²) in [6.45, 7) is 4.55. The van der Waals surface area contributed by atoms with Crippen LogP contribution < -0.4 is 4.74 Å². The second kappa shape index (κ2) is 18.5. The number of unbranched alkanes of at least 4 members (excludes halogenated alkanes) is 8. The number of ether oxygens (including phenoxy) is 3. The Morgan fingerprint density at radius 1 is 0.778 bits per heavy atom. The zero-order valence-corrected chi connectivity index (χ0v) is 26.8. The zero-order valence-electron chi connectivity index (χ0n) is 26.0. The standard InChI is InChI=1S/C36H42F4O4S/c1-3-5-7-8-9-10-11-15-25-42-28-21-19-26(20-22-28)29-23-24-30(32(33(29)37)27-16-13-12-14-17-27)34(45)44-35(41)43-31(18-6-4-2)36(38,39)40/h12-14,16-17,19-24,31H,3-11,15,18,25H2,1-2H3. The summed E-state index contributed by atoms with van der Waals surface area (Å²) >= 11 is 5.26. The van der Waals surface area contributed by atoms with Crippen molar-refractivity contribution in [1.29, 1.82) is 0 Å². The van der Waals surface area contributed by atoms with Crippen LogP contribution in [0.2, 0.25) is 0 Å². The van der Waals surface area contributed by atoms with Gasteiger partial charge in [-0.1, -0.05) is 114 Å². The van der Waals surface area contributed by atoms with Crippen LogP contribution in [0.1, 0.15) is 90.0 Å². The average Bonchev–Trinajstić information content (AvgIpc) is 3.02. The SMILES string of the molecule is CCCCCCCCCCOc1ccc(-c2ccc(C(=S)OC(=O)OC(CCCC)C(F)(F)F)c(-c3ccccc3)c2F)cc1. The van der Waals surface area contributed by atoms with Crippen LogP contribution in [0.15, 0.2) is 66.7 Å². The molecule has 3 aromatic rings. The monoisotopic (exact) mass is 646 g/mol. The maximum atomic E-state index is 16.2. The third kappa shape index (κ3) is 11.4. The first-order valence-corrected chi connectivity index (χ1v) is 16.2. The lowest BCUT2D eigenvalue weighted by Crippen LogP contribution is -2.34. The molecule has 1 atom stereocenters. The molecule has 0 spiro atoms. The van der Waals surface area contributed by atoms with Crippen molar-refractivity contribution < 1.29 is 36.6 Å². The number of hydrogen-bond acceptors (Lipinski definition) is 5. The van der Waals surface area contributed by atoms with E-state index in [2.05, 4.69) is 11.7 Å². The van der Waals surface area contributed by atoms with Crippen molar-refractivity contribution in [1.82, 2.24) is 0 Å². The molecule has 0 fully saturated rings. The largest absolute Gasteiger partial charge is 0.515 e. The van der Waals surface area contributed by atoms with Gasteiger partial charge in [0.25, 0.3) is 0 Å². The molecule has 4 nitrogen and oxygen atoms in total. The highest BCUT2D eigenvalue weighted by Gasteiger charge is 2.43. The number of alkyl halides is 3. The van der Waals surface area contributed by atoms with E-state index in [-0.39, 0.29) is 23.1 Å². The molecule has 3 rings (SSSR count). The van der Waals surface area contributed by atoms with Gasteiger partial charge in [0.05, 0.1) is 6.61 Å². The van der Waals surface area contributed by atoms with Crippen molar-refractivity contribution in [3.63, 3.8) is 0 Å². The molecule has 0 heterocycles. The van der Waals surface area contributed by atoms with E-state index in [4.69, 9.17) is 21.7 Å². The van der Waals surface area contributed by atoms with Crippen LogP contribution in [-0.4, -0.2) is 30.1 Å². The third-order valence-electron chi connectivity index (χ3n) is 7.46. The van der Waals surface area contributed by atoms with Crippen molar-refractivity contribution in [2.75, 3.05) is 6.61 Å². The molecule has 0 bridgehead atoms. The van der Waals surface area contributed by atoms with Crippen LogP contribution in [0.25, 0.3) is 22.3 Å². The van der Waals surface area contributed by atoms with Gasteiger partial charge in [0.15, 0.2) is 0 Å². The number of benzene rings is 3. The molecule has 0 radical (unpaired) electrons. The van der Waals surface area contributed by atoms with E-state index in [1.165, 1.54) is 50.7 Å². The molecule has 1 unspecified atom stereocenters. The Hall–Kier alpha value is -3.46. The Labute approximate surface area is 269 Å². The lowest BCUT2D eigenvalue weighted by Gasteiger charge is -2.20. The number of thiocarbonyl (C=S) groups is 1. The summed E-state index contributed by atoms with van der Waals surface area (Å²) in [5, 5.41) is -0.495. The predicted molar refractivity (Wildman–Crippen MR) is 174 cm³/mol. The van der Waals surface area contributed by atoms with Gasteiger partial charge < -0.3 is 14.2 Å². The fraction of sp³-hybridized carbons (Fsp3) is 0.444. The molecule has 0 aliphatic rings. The van der Waals surface area contributed by atoms with Gasteiger partial charge in [0.2, 0.25) is 11.2 Å². The Morgan fingerprint density at radius 3 is 2.02 bits per heavy atom. The Balaban J connectivity index is 1.72. The number of carbonyl (C=O) groups is 1. The van der Waals surface area contributed by atoms with Crippen molar-refractivity contribution in [3.8, 4) is 28.0 Å². The molecular weight excluding hydrogens is 604 g/mol. The normalized spacial score (nSPS) is 12.0. The number of carbonyl (C=O) groups excluding carboxylic acids is 1. The first kappa shape index (κ1) is 36.0. The molecule has 0 N–H and O–H groups in total. The van der Waals surface area contributed by atoms with Crippen LogP contribution in [0, 0.1) is 5.82 Å². The first-order chi connectivity index (χ1) is 21.7. The highest BCUT2D eigenvalue weighted by molar-refractivity contribution is 7.80. The molecular formula is C36H42F4O4S. The van der Waals surface area contributed by atoms with Crippen molar-refractivity contribution >= 4 is 23.4 Å². The molecule has 0 aliphatic carbocycles. The quantitative estimate of drug-likeness (QED) is 0.0632. The molecule has 0 saturated heterocycles. The molecule has 0 aliphatic heterocycles. The van der Waals surface area contributed by atoms with E-state index >= 15 is 4.39 Å². The third-order valence-corrected chi connectivity index (χ3v) is 7.76. The smallest absolute Gasteiger partial charge is 0.494 e. The van der Waals surface area contributed by atoms with E-state index in [0.717, 1.165) is 12.8 Å². The Bertz CT molecular complexity index is 1340. The van der Waals surface area contributed by atoms with Gasteiger partial charge in [-0.15, -0.1) is 0 Å². The van der Waals surface area contributed by atoms with Crippen LogP contribution in [0.3, 0.4) is 0 Å². The van der Waals surface area contributed by atoms with E-state index in [0.29, 0.717) is 29.9 Å².